The molecule has 28 heavy (non-hydrogen) atoms. The minimum atomic E-state index is 0.549. The zero-order valence-corrected chi connectivity index (χ0v) is 16.2. The molecule has 142 valence electrons. The van der Waals surface area contributed by atoms with Crippen molar-refractivity contribution in [2.75, 3.05) is 13.2 Å². The SMILES string of the molecule is CCOC(=Nc1ccccc1)c1ccc(C(=Nc2ccccc2)OCC)cc1. The molecule has 0 radical (unpaired) electrons. The molecule has 0 aliphatic rings. The molecule has 0 aliphatic heterocycles. The Morgan fingerprint density at radius 1 is 0.571 bits per heavy atom. The van der Waals surface area contributed by atoms with E-state index >= 15 is 0 Å². The van der Waals surface area contributed by atoms with E-state index in [0.29, 0.717) is 25.0 Å². The lowest BCUT2D eigenvalue weighted by atomic mass is 10.1. The molecule has 0 aliphatic carbocycles. The van der Waals surface area contributed by atoms with Gasteiger partial charge in [0.05, 0.1) is 24.6 Å². The maximum Gasteiger partial charge on any atom is 0.221 e. The summed E-state index contributed by atoms with van der Waals surface area (Å²) in [6, 6.07) is 27.5. The third-order valence-corrected chi connectivity index (χ3v) is 3.91. The Balaban J connectivity index is 1.89. The molecule has 0 saturated carbocycles. The molecule has 3 aromatic carbocycles. The number of nitrogens with zero attached hydrogens (tertiary/aromatic N) is 2. The van der Waals surface area contributed by atoms with E-state index in [4.69, 9.17) is 9.47 Å². The van der Waals surface area contributed by atoms with Gasteiger partial charge in [-0.25, -0.2) is 9.98 Å². The molecular formula is C24H24N2O2. The van der Waals surface area contributed by atoms with Crippen LogP contribution in [0.2, 0.25) is 0 Å². The van der Waals surface area contributed by atoms with Gasteiger partial charge < -0.3 is 9.47 Å². The van der Waals surface area contributed by atoms with E-state index in [1.165, 1.54) is 0 Å². The van der Waals surface area contributed by atoms with Gasteiger partial charge in [-0.3, -0.25) is 0 Å². The van der Waals surface area contributed by atoms with Crippen LogP contribution in [0.25, 0.3) is 0 Å². The Labute approximate surface area is 166 Å². The second-order valence-corrected chi connectivity index (χ2v) is 5.95. The van der Waals surface area contributed by atoms with Crippen molar-refractivity contribution in [1.82, 2.24) is 0 Å². The Hall–Kier alpha value is -3.40. The van der Waals surface area contributed by atoms with Gasteiger partial charge in [0.1, 0.15) is 0 Å². The Bertz CT molecular complexity index is 839. The second-order valence-electron chi connectivity index (χ2n) is 5.95. The molecule has 0 saturated heterocycles. The zero-order valence-electron chi connectivity index (χ0n) is 16.2. The Morgan fingerprint density at radius 3 is 1.25 bits per heavy atom. The molecule has 0 unspecified atom stereocenters. The van der Waals surface area contributed by atoms with Crippen molar-refractivity contribution in [3.63, 3.8) is 0 Å². The molecule has 0 heterocycles. The van der Waals surface area contributed by atoms with E-state index in [1.807, 2.05) is 98.8 Å². The lowest BCUT2D eigenvalue weighted by Crippen LogP contribution is -2.09. The number of benzene rings is 3. The summed E-state index contributed by atoms with van der Waals surface area (Å²) in [5, 5.41) is 0. The van der Waals surface area contributed by atoms with Gasteiger partial charge in [-0.2, -0.15) is 0 Å². The number of ether oxygens (including phenoxy) is 2. The molecule has 4 nitrogen and oxygen atoms in total. The van der Waals surface area contributed by atoms with Crippen molar-refractivity contribution in [3.05, 3.63) is 96.1 Å². The summed E-state index contributed by atoms with van der Waals surface area (Å²) >= 11 is 0. The van der Waals surface area contributed by atoms with Crippen molar-refractivity contribution < 1.29 is 9.47 Å². The van der Waals surface area contributed by atoms with Crippen LogP contribution < -0.4 is 0 Å². The molecule has 4 heteroatoms. The summed E-state index contributed by atoms with van der Waals surface area (Å²) < 4.78 is 11.5. The molecule has 0 spiro atoms. The van der Waals surface area contributed by atoms with Crippen LogP contribution in [0.5, 0.6) is 0 Å². The first-order valence-electron chi connectivity index (χ1n) is 9.44. The normalized spacial score (nSPS) is 11.9. The average Bonchev–Trinajstić information content (AvgIpc) is 2.75. The minimum absolute atomic E-state index is 0.549. The van der Waals surface area contributed by atoms with Gasteiger partial charge in [0.15, 0.2) is 0 Å². The minimum Gasteiger partial charge on any atom is -0.478 e. The molecule has 0 amide bonds. The van der Waals surface area contributed by atoms with Gasteiger partial charge in [-0.1, -0.05) is 36.4 Å². The zero-order chi connectivity index (χ0) is 19.6. The summed E-state index contributed by atoms with van der Waals surface area (Å²) in [6.45, 7) is 5.00. The van der Waals surface area contributed by atoms with E-state index in [2.05, 4.69) is 9.98 Å². The van der Waals surface area contributed by atoms with Crippen molar-refractivity contribution in [1.29, 1.82) is 0 Å². The van der Waals surface area contributed by atoms with Gasteiger partial charge in [-0.05, 0) is 62.4 Å². The van der Waals surface area contributed by atoms with Crippen molar-refractivity contribution in [2.45, 2.75) is 13.8 Å². The van der Waals surface area contributed by atoms with E-state index in [9.17, 15) is 0 Å². The van der Waals surface area contributed by atoms with Crippen molar-refractivity contribution >= 4 is 23.2 Å². The highest BCUT2D eigenvalue weighted by molar-refractivity contribution is 5.99. The smallest absolute Gasteiger partial charge is 0.221 e. The summed E-state index contributed by atoms with van der Waals surface area (Å²) in [5.74, 6) is 1.19. The third kappa shape index (κ3) is 5.30. The summed E-state index contributed by atoms with van der Waals surface area (Å²) in [7, 11) is 0. The first-order chi connectivity index (χ1) is 13.8. The molecule has 3 rings (SSSR count). The number of rotatable bonds is 6. The molecule has 0 atom stereocenters. The van der Waals surface area contributed by atoms with Crippen molar-refractivity contribution in [3.8, 4) is 0 Å². The van der Waals surface area contributed by atoms with Crippen LogP contribution in [-0.2, 0) is 9.47 Å². The van der Waals surface area contributed by atoms with E-state index in [0.717, 1.165) is 22.5 Å². The quantitative estimate of drug-likeness (QED) is 0.398. The number of aliphatic imine (C=N–C) groups is 2. The first kappa shape index (κ1) is 19.4. The van der Waals surface area contributed by atoms with E-state index < -0.39 is 0 Å². The molecule has 0 bridgehead atoms. The Morgan fingerprint density at radius 2 is 0.929 bits per heavy atom. The van der Waals surface area contributed by atoms with Crippen LogP contribution in [0.4, 0.5) is 11.4 Å². The molecule has 0 aromatic heterocycles. The van der Waals surface area contributed by atoms with Gasteiger partial charge >= 0.3 is 0 Å². The highest BCUT2D eigenvalue weighted by atomic mass is 16.5. The van der Waals surface area contributed by atoms with Gasteiger partial charge in [0, 0.05) is 11.1 Å². The first-order valence-corrected chi connectivity index (χ1v) is 9.44. The number of para-hydroxylation sites is 2. The topological polar surface area (TPSA) is 43.2 Å². The fourth-order valence-corrected chi connectivity index (χ4v) is 2.63. The van der Waals surface area contributed by atoms with Crippen LogP contribution in [0.3, 0.4) is 0 Å². The van der Waals surface area contributed by atoms with Crippen LogP contribution in [-0.4, -0.2) is 25.0 Å². The van der Waals surface area contributed by atoms with E-state index in [-0.39, 0.29) is 0 Å². The summed E-state index contributed by atoms with van der Waals surface area (Å²) in [4.78, 5) is 9.26. The molecule has 0 N–H and O–H groups in total. The van der Waals surface area contributed by atoms with Gasteiger partial charge in [-0.15, -0.1) is 0 Å². The second kappa shape index (κ2) is 10.1. The van der Waals surface area contributed by atoms with E-state index in [1.54, 1.807) is 0 Å². The summed E-state index contributed by atoms with van der Waals surface area (Å²) in [6.07, 6.45) is 0. The lowest BCUT2D eigenvalue weighted by Gasteiger charge is -2.11. The predicted molar refractivity (Wildman–Crippen MR) is 115 cm³/mol. The molecule has 3 aromatic rings. The standard InChI is InChI=1S/C24H24N2O2/c1-3-27-23(25-21-11-7-5-8-12-21)19-15-17-20(18-16-19)24(28-4-2)26-22-13-9-6-10-14-22/h5-18H,3-4H2,1-2H3. The molecular weight excluding hydrogens is 348 g/mol. The van der Waals surface area contributed by atoms with Crippen molar-refractivity contribution in [2.24, 2.45) is 9.98 Å². The number of hydrogen-bond acceptors (Lipinski definition) is 4. The average molecular weight is 372 g/mol. The predicted octanol–water partition coefficient (Wildman–Crippen LogP) is 5.92. The maximum atomic E-state index is 5.76. The molecule has 0 fully saturated rings. The van der Waals surface area contributed by atoms with Crippen LogP contribution >= 0.6 is 0 Å². The largest absolute Gasteiger partial charge is 0.478 e. The van der Waals surface area contributed by atoms with Crippen LogP contribution in [0.15, 0.2) is 94.9 Å². The highest BCUT2D eigenvalue weighted by Gasteiger charge is 2.09. The fourth-order valence-electron chi connectivity index (χ4n) is 2.63. The van der Waals surface area contributed by atoms with Crippen LogP contribution in [0.1, 0.15) is 25.0 Å². The van der Waals surface area contributed by atoms with Gasteiger partial charge in [0.25, 0.3) is 0 Å². The maximum absolute atomic E-state index is 5.76. The number of hydrogen-bond donors (Lipinski definition) is 0. The third-order valence-electron chi connectivity index (χ3n) is 3.91. The lowest BCUT2D eigenvalue weighted by molar-refractivity contribution is 0.328. The fraction of sp³-hybridized carbons (Fsp3) is 0.167. The summed E-state index contributed by atoms with van der Waals surface area (Å²) in [5.41, 5.74) is 3.53. The van der Waals surface area contributed by atoms with Crippen LogP contribution in [0, 0.1) is 0 Å². The monoisotopic (exact) mass is 372 g/mol. The Kier molecular flexibility index (Phi) is 6.96. The van der Waals surface area contributed by atoms with Gasteiger partial charge in [0.2, 0.25) is 11.8 Å². The highest BCUT2D eigenvalue weighted by Crippen LogP contribution is 2.17.